The summed E-state index contributed by atoms with van der Waals surface area (Å²) in [6, 6.07) is 6.48. The van der Waals surface area contributed by atoms with Crippen molar-refractivity contribution < 1.29 is 19.8 Å². The second-order valence-electron chi connectivity index (χ2n) is 4.52. The molecule has 0 aromatic heterocycles. The fourth-order valence-corrected chi connectivity index (χ4v) is 1.77. The molecule has 0 saturated heterocycles. The number of benzene rings is 1. The Morgan fingerprint density at radius 2 is 1.89 bits per heavy atom. The lowest BCUT2D eigenvalue weighted by Gasteiger charge is -2.17. The zero-order valence-corrected chi connectivity index (χ0v) is 10.3. The molecule has 1 aliphatic carbocycles. The Bertz CT molecular complexity index is 503. The van der Waals surface area contributed by atoms with Crippen LogP contribution in [0.15, 0.2) is 30.3 Å². The molecule has 1 aromatic carbocycles. The lowest BCUT2D eigenvalue weighted by molar-refractivity contribution is -0.143. The van der Waals surface area contributed by atoms with Crippen LogP contribution in [0.25, 0.3) is 6.08 Å². The van der Waals surface area contributed by atoms with Gasteiger partial charge in [0.2, 0.25) is 5.91 Å². The summed E-state index contributed by atoms with van der Waals surface area (Å²) in [4.78, 5) is 24.0. The minimum Gasteiger partial charge on any atom is -0.508 e. The quantitative estimate of drug-likeness (QED) is 0.787. The molecule has 1 fully saturated rings. The number of carboxylic acids is 1. The molecular weight excluding hydrogens is 246 g/mol. The predicted molar refractivity (Wildman–Crippen MR) is 69.5 cm³/mol. The van der Waals surface area contributed by atoms with Crippen molar-refractivity contribution >= 4 is 18.0 Å². The Morgan fingerprint density at radius 3 is 2.42 bits per heavy atom. The third-order valence-corrected chi connectivity index (χ3v) is 2.89. The van der Waals surface area contributed by atoms with Crippen LogP contribution in [0.4, 0.5) is 0 Å². The van der Waals surface area contributed by atoms with Crippen molar-refractivity contribution in [1.29, 1.82) is 0 Å². The van der Waals surface area contributed by atoms with Crippen molar-refractivity contribution in [3.8, 4) is 5.75 Å². The van der Waals surface area contributed by atoms with Crippen LogP contribution in [0.1, 0.15) is 18.4 Å². The van der Waals surface area contributed by atoms with E-state index in [1.807, 2.05) is 0 Å². The maximum atomic E-state index is 11.9. The second kappa shape index (κ2) is 5.56. The van der Waals surface area contributed by atoms with Gasteiger partial charge >= 0.3 is 5.97 Å². The van der Waals surface area contributed by atoms with Gasteiger partial charge in [-0.3, -0.25) is 9.59 Å². The standard InChI is InChI=1S/C14H15NO4/c16-12-6-1-10(2-7-12)3-8-13(17)15(9-14(18)19)11-4-5-11/h1-3,6-8,11,16H,4-5,9H2,(H,18,19)/b8-3+. The number of rotatable bonds is 5. The number of phenolic OH excluding ortho intramolecular Hbond substituents is 1. The third-order valence-electron chi connectivity index (χ3n) is 2.89. The fourth-order valence-electron chi connectivity index (χ4n) is 1.77. The smallest absolute Gasteiger partial charge is 0.323 e. The van der Waals surface area contributed by atoms with Crippen LogP contribution in [0.2, 0.25) is 0 Å². The van der Waals surface area contributed by atoms with E-state index in [4.69, 9.17) is 10.2 Å². The summed E-state index contributed by atoms with van der Waals surface area (Å²) < 4.78 is 0. The van der Waals surface area contributed by atoms with E-state index in [9.17, 15) is 9.59 Å². The molecule has 2 rings (SSSR count). The first-order chi connectivity index (χ1) is 9.06. The molecule has 1 aliphatic rings. The number of carbonyl (C=O) groups excluding carboxylic acids is 1. The number of phenols is 1. The number of amides is 1. The molecule has 0 radical (unpaired) electrons. The Kier molecular flexibility index (Phi) is 3.85. The van der Waals surface area contributed by atoms with Crippen LogP contribution >= 0.6 is 0 Å². The highest BCUT2D eigenvalue weighted by atomic mass is 16.4. The van der Waals surface area contributed by atoms with E-state index in [1.54, 1.807) is 18.2 Å². The first kappa shape index (κ1) is 13.1. The minimum atomic E-state index is -1.00. The normalized spacial score (nSPS) is 14.5. The summed E-state index contributed by atoms with van der Waals surface area (Å²) in [7, 11) is 0. The molecule has 0 heterocycles. The Balaban J connectivity index is 2.01. The van der Waals surface area contributed by atoms with E-state index in [0.29, 0.717) is 0 Å². The first-order valence-electron chi connectivity index (χ1n) is 6.06. The van der Waals surface area contributed by atoms with E-state index < -0.39 is 5.97 Å². The average Bonchev–Trinajstić information content (AvgIpc) is 3.19. The zero-order valence-electron chi connectivity index (χ0n) is 10.3. The van der Waals surface area contributed by atoms with Crippen LogP contribution in [0, 0.1) is 0 Å². The third kappa shape index (κ3) is 3.84. The van der Waals surface area contributed by atoms with Gasteiger partial charge in [-0.1, -0.05) is 12.1 Å². The van der Waals surface area contributed by atoms with Crippen molar-refractivity contribution in [2.45, 2.75) is 18.9 Å². The number of carboxylic acid groups (broad SMARTS) is 1. The summed E-state index contributed by atoms with van der Waals surface area (Å²) in [6.07, 6.45) is 4.71. The molecule has 0 bridgehead atoms. The summed E-state index contributed by atoms with van der Waals surface area (Å²) in [5.74, 6) is -1.13. The summed E-state index contributed by atoms with van der Waals surface area (Å²) in [5, 5.41) is 17.9. The molecule has 100 valence electrons. The van der Waals surface area contributed by atoms with Crippen LogP contribution in [0.5, 0.6) is 5.75 Å². The molecule has 1 aromatic rings. The lowest BCUT2D eigenvalue weighted by Crippen LogP contribution is -2.36. The highest BCUT2D eigenvalue weighted by Crippen LogP contribution is 2.26. The van der Waals surface area contributed by atoms with Gasteiger partial charge in [0, 0.05) is 12.1 Å². The Morgan fingerprint density at radius 1 is 1.26 bits per heavy atom. The minimum absolute atomic E-state index is 0.0630. The monoisotopic (exact) mass is 261 g/mol. The van der Waals surface area contributed by atoms with E-state index >= 15 is 0 Å². The average molecular weight is 261 g/mol. The van der Waals surface area contributed by atoms with Crippen molar-refractivity contribution in [1.82, 2.24) is 4.90 Å². The molecule has 0 atom stereocenters. The molecule has 5 heteroatoms. The van der Waals surface area contributed by atoms with Crippen molar-refractivity contribution in [3.05, 3.63) is 35.9 Å². The van der Waals surface area contributed by atoms with Gasteiger partial charge in [0.25, 0.3) is 0 Å². The molecule has 1 saturated carbocycles. The molecule has 2 N–H and O–H groups in total. The summed E-state index contributed by atoms with van der Waals surface area (Å²) in [5.41, 5.74) is 0.775. The largest absolute Gasteiger partial charge is 0.508 e. The van der Waals surface area contributed by atoms with Crippen LogP contribution in [-0.4, -0.2) is 39.6 Å². The SMILES string of the molecule is O=C(O)CN(C(=O)/C=C/c1ccc(O)cc1)C1CC1. The lowest BCUT2D eigenvalue weighted by atomic mass is 10.2. The van der Waals surface area contributed by atoms with Gasteiger partial charge < -0.3 is 15.1 Å². The number of hydrogen-bond donors (Lipinski definition) is 2. The first-order valence-corrected chi connectivity index (χ1v) is 6.06. The molecule has 19 heavy (non-hydrogen) atoms. The summed E-state index contributed by atoms with van der Waals surface area (Å²) in [6.45, 7) is -0.260. The topological polar surface area (TPSA) is 77.8 Å². The number of hydrogen-bond acceptors (Lipinski definition) is 3. The van der Waals surface area contributed by atoms with Gasteiger partial charge in [-0.05, 0) is 36.6 Å². The van der Waals surface area contributed by atoms with Crippen molar-refractivity contribution in [2.24, 2.45) is 0 Å². The van der Waals surface area contributed by atoms with Crippen LogP contribution < -0.4 is 0 Å². The highest BCUT2D eigenvalue weighted by molar-refractivity contribution is 5.94. The van der Waals surface area contributed by atoms with Gasteiger partial charge in [-0.25, -0.2) is 0 Å². The van der Waals surface area contributed by atoms with Gasteiger partial charge in [0.05, 0.1) is 0 Å². The molecular formula is C14H15NO4. The molecule has 0 unspecified atom stereocenters. The summed E-state index contributed by atoms with van der Waals surface area (Å²) >= 11 is 0. The highest BCUT2D eigenvalue weighted by Gasteiger charge is 2.32. The van der Waals surface area contributed by atoms with E-state index in [-0.39, 0.29) is 24.2 Å². The molecule has 0 spiro atoms. The fraction of sp³-hybridized carbons (Fsp3) is 0.286. The Labute approximate surface area is 110 Å². The van der Waals surface area contributed by atoms with Gasteiger partial charge in [0.15, 0.2) is 0 Å². The van der Waals surface area contributed by atoms with E-state index in [2.05, 4.69) is 0 Å². The predicted octanol–water partition coefficient (Wildman–Crippen LogP) is 1.48. The maximum absolute atomic E-state index is 11.9. The van der Waals surface area contributed by atoms with E-state index in [1.165, 1.54) is 23.1 Å². The number of aromatic hydroxyl groups is 1. The molecule has 0 aliphatic heterocycles. The van der Waals surface area contributed by atoms with Crippen LogP contribution in [-0.2, 0) is 9.59 Å². The maximum Gasteiger partial charge on any atom is 0.323 e. The van der Waals surface area contributed by atoms with Crippen molar-refractivity contribution in [3.63, 3.8) is 0 Å². The van der Waals surface area contributed by atoms with Crippen LogP contribution in [0.3, 0.4) is 0 Å². The van der Waals surface area contributed by atoms with Gasteiger partial charge in [0.1, 0.15) is 12.3 Å². The van der Waals surface area contributed by atoms with Gasteiger partial charge in [-0.2, -0.15) is 0 Å². The van der Waals surface area contributed by atoms with Crippen molar-refractivity contribution in [2.75, 3.05) is 6.54 Å². The van der Waals surface area contributed by atoms with Gasteiger partial charge in [-0.15, -0.1) is 0 Å². The van der Waals surface area contributed by atoms with E-state index in [0.717, 1.165) is 18.4 Å². The molecule has 5 nitrogen and oxygen atoms in total. The zero-order chi connectivity index (χ0) is 13.8. The Hall–Kier alpha value is -2.30. The molecule has 1 amide bonds. The number of aliphatic carboxylic acids is 1. The second-order valence-corrected chi connectivity index (χ2v) is 4.52. The number of nitrogens with zero attached hydrogens (tertiary/aromatic N) is 1. The number of carbonyl (C=O) groups is 2.